The highest BCUT2D eigenvalue weighted by atomic mass is 19.4. The van der Waals surface area contributed by atoms with Gasteiger partial charge < -0.3 is 14.2 Å². The van der Waals surface area contributed by atoms with E-state index < -0.39 is 36.5 Å². The third-order valence-corrected chi connectivity index (χ3v) is 4.21. The summed E-state index contributed by atoms with van der Waals surface area (Å²) in [5, 5.41) is 0. The molecule has 29 heavy (non-hydrogen) atoms. The number of para-hydroxylation sites is 2. The van der Waals surface area contributed by atoms with Crippen molar-refractivity contribution in [2.75, 3.05) is 14.1 Å². The van der Waals surface area contributed by atoms with E-state index in [1.165, 1.54) is 31.1 Å². The lowest BCUT2D eigenvalue weighted by Crippen LogP contribution is -2.32. The maximum atomic E-state index is 13.4. The lowest BCUT2D eigenvalue weighted by Gasteiger charge is -2.21. The Balaban J connectivity index is 1.92. The van der Waals surface area contributed by atoms with Crippen molar-refractivity contribution in [3.8, 4) is 0 Å². The molecule has 0 fully saturated rings. The van der Waals surface area contributed by atoms with Crippen LogP contribution in [0.4, 0.5) is 13.2 Å². The number of aromatic nitrogens is 2. The number of nitrogens with zero attached hydrogens (tertiary/aromatic N) is 3. The predicted molar refractivity (Wildman–Crippen MR) is 98.7 cm³/mol. The van der Waals surface area contributed by atoms with Gasteiger partial charge in [0.15, 0.2) is 0 Å². The first-order valence-corrected chi connectivity index (χ1v) is 8.66. The standard InChI is InChI=1S/C20H18F3N3O3/c1-25(2)18(28)17(13-8-4-3-5-9-13)29-16(27)12-26-15-11-7-6-10-14(15)24-19(26)20(21,22)23/h3-11,17H,12H2,1-2H3/t17-/m0/s1. The van der Waals surface area contributed by atoms with Gasteiger partial charge in [-0.15, -0.1) is 0 Å². The molecule has 3 aromatic rings. The van der Waals surface area contributed by atoms with Crippen molar-refractivity contribution < 1.29 is 27.5 Å². The average Bonchev–Trinajstić information content (AvgIpc) is 3.05. The van der Waals surface area contributed by atoms with Crippen molar-refractivity contribution in [2.24, 2.45) is 0 Å². The fourth-order valence-corrected chi connectivity index (χ4v) is 2.87. The second kappa shape index (κ2) is 7.94. The Hall–Kier alpha value is -3.36. The molecule has 9 heteroatoms. The molecule has 1 aromatic heterocycles. The number of hydrogen-bond acceptors (Lipinski definition) is 4. The van der Waals surface area contributed by atoms with Crippen molar-refractivity contribution in [3.05, 3.63) is 66.0 Å². The van der Waals surface area contributed by atoms with E-state index in [2.05, 4.69) is 4.98 Å². The number of fused-ring (bicyclic) bond motifs is 1. The lowest BCUT2D eigenvalue weighted by molar-refractivity contribution is -0.161. The van der Waals surface area contributed by atoms with Gasteiger partial charge in [-0.1, -0.05) is 42.5 Å². The fourth-order valence-electron chi connectivity index (χ4n) is 2.87. The number of amides is 1. The lowest BCUT2D eigenvalue weighted by atomic mass is 10.1. The molecule has 1 amide bonds. The van der Waals surface area contributed by atoms with Crippen LogP contribution in [0.15, 0.2) is 54.6 Å². The van der Waals surface area contributed by atoms with Gasteiger partial charge >= 0.3 is 12.1 Å². The summed E-state index contributed by atoms with van der Waals surface area (Å²) in [5.41, 5.74) is 0.676. The largest absolute Gasteiger partial charge is 0.449 e. The summed E-state index contributed by atoms with van der Waals surface area (Å²) in [6.45, 7) is -0.737. The molecule has 0 saturated carbocycles. The molecule has 1 heterocycles. The molecular weight excluding hydrogens is 387 g/mol. The predicted octanol–water partition coefficient (Wildman–Crippen LogP) is 3.43. The Morgan fingerprint density at radius 2 is 1.69 bits per heavy atom. The molecular formula is C20H18F3N3O3. The highest BCUT2D eigenvalue weighted by Gasteiger charge is 2.38. The molecule has 0 aliphatic rings. The van der Waals surface area contributed by atoms with Gasteiger partial charge in [0.25, 0.3) is 5.91 Å². The highest BCUT2D eigenvalue weighted by Crippen LogP contribution is 2.31. The fraction of sp³-hybridized carbons (Fsp3) is 0.250. The number of benzene rings is 2. The minimum absolute atomic E-state index is 0.108. The van der Waals surface area contributed by atoms with Crippen LogP contribution in [0.25, 0.3) is 11.0 Å². The topological polar surface area (TPSA) is 64.4 Å². The molecule has 3 rings (SSSR count). The van der Waals surface area contributed by atoms with Crippen LogP contribution in [0.1, 0.15) is 17.5 Å². The summed E-state index contributed by atoms with van der Waals surface area (Å²) in [6.07, 6.45) is -6.01. The molecule has 0 unspecified atom stereocenters. The van der Waals surface area contributed by atoms with Gasteiger partial charge in [-0.25, -0.2) is 4.98 Å². The van der Waals surface area contributed by atoms with E-state index in [-0.39, 0.29) is 11.0 Å². The maximum absolute atomic E-state index is 13.4. The van der Waals surface area contributed by atoms with Crippen molar-refractivity contribution in [1.82, 2.24) is 14.5 Å². The number of imidazole rings is 1. The quantitative estimate of drug-likeness (QED) is 0.610. The number of carbonyl (C=O) groups is 2. The Morgan fingerprint density at radius 1 is 1.07 bits per heavy atom. The first-order valence-electron chi connectivity index (χ1n) is 8.66. The van der Waals surface area contributed by atoms with Gasteiger partial charge in [-0.3, -0.25) is 9.59 Å². The average molecular weight is 405 g/mol. The molecule has 2 aromatic carbocycles. The Morgan fingerprint density at radius 3 is 2.31 bits per heavy atom. The van der Waals surface area contributed by atoms with Gasteiger partial charge in [-0.2, -0.15) is 13.2 Å². The van der Waals surface area contributed by atoms with Crippen LogP contribution >= 0.6 is 0 Å². The number of rotatable bonds is 5. The first kappa shape index (κ1) is 20.4. The van der Waals surface area contributed by atoms with E-state index in [0.717, 1.165) is 4.57 Å². The minimum Gasteiger partial charge on any atom is -0.446 e. The molecule has 0 bridgehead atoms. The summed E-state index contributed by atoms with van der Waals surface area (Å²) < 4.78 is 46.3. The minimum atomic E-state index is -4.75. The third-order valence-electron chi connectivity index (χ3n) is 4.21. The van der Waals surface area contributed by atoms with E-state index >= 15 is 0 Å². The van der Waals surface area contributed by atoms with Crippen LogP contribution in [0.3, 0.4) is 0 Å². The van der Waals surface area contributed by atoms with Crippen LogP contribution < -0.4 is 0 Å². The zero-order valence-corrected chi connectivity index (χ0v) is 15.7. The third kappa shape index (κ3) is 4.39. The number of carbonyl (C=O) groups excluding carboxylic acids is 2. The van der Waals surface area contributed by atoms with Gasteiger partial charge in [0.05, 0.1) is 11.0 Å². The van der Waals surface area contributed by atoms with Crippen LogP contribution in [-0.2, 0) is 27.0 Å². The van der Waals surface area contributed by atoms with E-state index in [1.54, 1.807) is 42.5 Å². The van der Waals surface area contributed by atoms with Crippen LogP contribution in [-0.4, -0.2) is 40.4 Å². The highest BCUT2D eigenvalue weighted by molar-refractivity contribution is 5.85. The zero-order valence-electron chi connectivity index (χ0n) is 15.7. The monoisotopic (exact) mass is 405 g/mol. The van der Waals surface area contributed by atoms with Gasteiger partial charge in [0.1, 0.15) is 6.54 Å². The Bertz CT molecular complexity index is 1030. The molecule has 1 atom stereocenters. The summed E-state index contributed by atoms with van der Waals surface area (Å²) in [6, 6.07) is 14.2. The summed E-state index contributed by atoms with van der Waals surface area (Å²) in [4.78, 5) is 29.8. The number of ether oxygens (including phenoxy) is 1. The molecule has 0 N–H and O–H groups in total. The summed E-state index contributed by atoms with van der Waals surface area (Å²) in [5.74, 6) is -2.69. The number of likely N-dealkylation sites (N-methyl/N-ethyl adjacent to an activating group) is 1. The SMILES string of the molecule is CN(C)C(=O)[C@@H](OC(=O)Cn1c(C(F)(F)F)nc2ccccc21)c1ccccc1. The number of alkyl halides is 3. The van der Waals surface area contributed by atoms with E-state index in [0.29, 0.717) is 5.56 Å². The Labute approximate surface area is 164 Å². The van der Waals surface area contributed by atoms with Crippen molar-refractivity contribution >= 4 is 22.9 Å². The Kier molecular flexibility index (Phi) is 5.58. The summed E-state index contributed by atoms with van der Waals surface area (Å²) >= 11 is 0. The van der Waals surface area contributed by atoms with Crippen LogP contribution in [0, 0.1) is 0 Å². The molecule has 0 saturated heterocycles. The molecule has 0 spiro atoms. The van der Waals surface area contributed by atoms with Gasteiger partial charge in [0.2, 0.25) is 11.9 Å². The van der Waals surface area contributed by atoms with Gasteiger partial charge in [0, 0.05) is 19.7 Å². The first-order chi connectivity index (χ1) is 13.7. The number of esters is 1. The summed E-state index contributed by atoms with van der Waals surface area (Å²) in [7, 11) is 2.99. The maximum Gasteiger partial charge on any atom is 0.449 e. The number of halogens is 3. The van der Waals surface area contributed by atoms with Crippen molar-refractivity contribution in [3.63, 3.8) is 0 Å². The van der Waals surface area contributed by atoms with E-state index in [9.17, 15) is 22.8 Å². The van der Waals surface area contributed by atoms with Crippen molar-refractivity contribution in [2.45, 2.75) is 18.8 Å². The number of hydrogen-bond donors (Lipinski definition) is 0. The molecule has 152 valence electrons. The normalized spacial score (nSPS) is 12.6. The second-order valence-corrected chi connectivity index (χ2v) is 6.52. The smallest absolute Gasteiger partial charge is 0.446 e. The van der Waals surface area contributed by atoms with Crippen LogP contribution in [0.5, 0.6) is 0 Å². The molecule has 0 aliphatic heterocycles. The molecule has 0 radical (unpaired) electrons. The van der Waals surface area contributed by atoms with Gasteiger partial charge in [-0.05, 0) is 12.1 Å². The zero-order chi connectivity index (χ0) is 21.2. The van der Waals surface area contributed by atoms with E-state index in [4.69, 9.17) is 4.74 Å². The second-order valence-electron chi connectivity index (χ2n) is 6.52. The van der Waals surface area contributed by atoms with E-state index in [1.807, 2.05) is 0 Å². The molecule has 0 aliphatic carbocycles. The molecule has 6 nitrogen and oxygen atoms in total. The van der Waals surface area contributed by atoms with Crippen LogP contribution in [0.2, 0.25) is 0 Å². The van der Waals surface area contributed by atoms with Crippen molar-refractivity contribution in [1.29, 1.82) is 0 Å².